The maximum Gasteiger partial charge on any atom is 0.224 e. The molecule has 0 bridgehead atoms. The smallest absolute Gasteiger partial charge is 0.224 e. The lowest BCUT2D eigenvalue weighted by Gasteiger charge is -2.07. The van der Waals surface area contributed by atoms with Crippen LogP contribution in [0.25, 0.3) is 21.8 Å². The van der Waals surface area contributed by atoms with Gasteiger partial charge < -0.3 is 9.88 Å². The Morgan fingerprint density at radius 3 is 2.70 bits per heavy atom. The number of fused-ring (bicyclic) bond motifs is 3. The van der Waals surface area contributed by atoms with Crippen LogP contribution in [0.2, 0.25) is 5.28 Å². The summed E-state index contributed by atoms with van der Waals surface area (Å²) in [7, 11) is 0. The van der Waals surface area contributed by atoms with Crippen LogP contribution in [0.3, 0.4) is 0 Å². The van der Waals surface area contributed by atoms with Crippen LogP contribution in [0.15, 0.2) is 54.7 Å². The van der Waals surface area contributed by atoms with Crippen molar-refractivity contribution in [2.24, 2.45) is 0 Å². The molecular weight excluding hydrogens is 308 g/mol. The van der Waals surface area contributed by atoms with Gasteiger partial charge in [-0.05, 0) is 48.9 Å². The molecule has 4 nitrogen and oxygen atoms in total. The zero-order chi connectivity index (χ0) is 15.8. The van der Waals surface area contributed by atoms with E-state index in [0.29, 0.717) is 5.82 Å². The summed E-state index contributed by atoms with van der Waals surface area (Å²) < 4.78 is 2.33. The Morgan fingerprint density at radius 2 is 1.87 bits per heavy atom. The molecule has 0 unspecified atom stereocenters. The number of anilines is 2. The van der Waals surface area contributed by atoms with Crippen LogP contribution in [-0.2, 0) is 6.54 Å². The predicted octanol–water partition coefficient (Wildman–Crippen LogP) is 5.00. The second kappa shape index (κ2) is 5.56. The molecule has 0 atom stereocenters. The molecule has 0 amide bonds. The zero-order valence-electron chi connectivity index (χ0n) is 12.6. The molecule has 0 saturated carbocycles. The molecule has 114 valence electrons. The van der Waals surface area contributed by atoms with Gasteiger partial charge in [0.15, 0.2) is 0 Å². The highest BCUT2D eigenvalue weighted by Crippen LogP contribution is 2.31. The molecule has 2 heterocycles. The number of benzene rings is 2. The topological polar surface area (TPSA) is 42.7 Å². The van der Waals surface area contributed by atoms with Gasteiger partial charge >= 0.3 is 0 Å². The quantitative estimate of drug-likeness (QED) is 0.540. The Kier molecular flexibility index (Phi) is 3.39. The van der Waals surface area contributed by atoms with E-state index >= 15 is 0 Å². The molecule has 4 rings (SSSR count). The molecular formula is C18H15ClN4. The first-order valence-corrected chi connectivity index (χ1v) is 7.90. The van der Waals surface area contributed by atoms with Gasteiger partial charge in [-0.2, -0.15) is 0 Å². The molecule has 4 aromatic rings. The maximum absolute atomic E-state index is 5.84. The van der Waals surface area contributed by atoms with Crippen LogP contribution in [0, 0.1) is 0 Å². The van der Waals surface area contributed by atoms with Crippen molar-refractivity contribution >= 4 is 44.9 Å². The minimum Gasteiger partial charge on any atom is -0.341 e. The van der Waals surface area contributed by atoms with Crippen LogP contribution in [-0.4, -0.2) is 14.5 Å². The molecule has 0 spiro atoms. The lowest BCUT2D eigenvalue weighted by atomic mass is 10.1. The third-order valence-corrected chi connectivity index (χ3v) is 4.17. The Hall–Kier alpha value is -2.59. The number of nitrogens with zero attached hydrogens (tertiary/aromatic N) is 3. The summed E-state index contributed by atoms with van der Waals surface area (Å²) >= 11 is 5.84. The average molecular weight is 323 g/mol. The standard InChI is InChI=1S/C18H15ClN4/c1-2-23-15-6-4-3-5-13(15)14-11-12(7-8-16(14)23)21-17-9-10-20-18(19)22-17/h3-11H,2H2,1H3,(H,20,21,22). The van der Waals surface area contributed by atoms with Crippen LogP contribution in [0.4, 0.5) is 11.5 Å². The molecule has 0 aliphatic carbocycles. The molecule has 0 radical (unpaired) electrons. The Bertz CT molecular complexity index is 1010. The minimum absolute atomic E-state index is 0.235. The molecule has 0 aliphatic rings. The molecule has 0 aliphatic heterocycles. The Labute approximate surface area is 138 Å². The van der Waals surface area contributed by atoms with Gasteiger partial charge in [0.25, 0.3) is 0 Å². The van der Waals surface area contributed by atoms with Crippen molar-refractivity contribution in [2.45, 2.75) is 13.5 Å². The lowest BCUT2D eigenvalue weighted by Crippen LogP contribution is -1.95. The third-order valence-electron chi connectivity index (χ3n) is 3.99. The monoisotopic (exact) mass is 322 g/mol. The highest BCUT2D eigenvalue weighted by molar-refractivity contribution is 6.28. The van der Waals surface area contributed by atoms with E-state index in [1.165, 1.54) is 21.8 Å². The number of hydrogen-bond acceptors (Lipinski definition) is 3. The fourth-order valence-corrected chi connectivity index (χ4v) is 3.17. The van der Waals surface area contributed by atoms with E-state index in [0.717, 1.165) is 12.2 Å². The van der Waals surface area contributed by atoms with E-state index in [4.69, 9.17) is 11.6 Å². The summed E-state index contributed by atoms with van der Waals surface area (Å²) in [5, 5.41) is 6.01. The SMILES string of the molecule is CCn1c2ccccc2c2cc(Nc3ccnc(Cl)n3)ccc21. The van der Waals surface area contributed by atoms with Gasteiger partial charge in [0, 0.05) is 40.2 Å². The second-order valence-electron chi connectivity index (χ2n) is 5.33. The van der Waals surface area contributed by atoms with Gasteiger partial charge in [-0.15, -0.1) is 0 Å². The largest absolute Gasteiger partial charge is 0.341 e. The lowest BCUT2D eigenvalue weighted by molar-refractivity contribution is 0.827. The molecule has 2 aromatic carbocycles. The second-order valence-corrected chi connectivity index (χ2v) is 5.67. The van der Waals surface area contributed by atoms with Gasteiger partial charge in [0.05, 0.1) is 0 Å². The molecule has 5 heteroatoms. The minimum atomic E-state index is 0.235. The van der Waals surface area contributed by atoms with E-state index in [1.54, 1.807) is 12.3 Å². The summed E-state index contributed by atoms with van der Waals surface area (Å²) in [5.41, 5.74) is 3.47. The summed E-state index contributed by atoms with van der Waals surface area (Å²) in [6.45, 7) is 3.11. The van der Waals surface area contributed by atoms with Crippen molar-refractivity contribution < 1.29 is 0 Å². The van der Waals surface area contributed by atoms with E-state index in [2.05, 4.69) is 69.2 Å². The van der Waals surface area contributed by atoms with Crippen molar-refractivity contribution in [3.63, 3.8) is 0 Å². The number of nitrogens with one attached hydrogen (secondary N) is 1. The van der Waals surface area contributed by atoms with Crippen molar-refractivity contribution in [3.05, 3.63) is 60.0 Å². The normalized spacial score (nSPS) is 11.2. The molecule has 0 fully saturated rings. The van der Waals surface area contributed by atoms with E-state index < -0.39 is 0 Å². The van der Waals surface area contributed by atoms with Crippen LogP contribution in [0.1, 0.15) is 6.92 Å². The first-order valence-electron chi connectivity index (χ1n) is 7.53. The van der Waals surface area contributed by atoms with E-state index in [1.807, 2.05) is 0 Å². The van der Waals surface area contributed by atoms with E-state index in [-0.39, 0.29) is 5.28 Å². The summed E-state index contributed by atoms with van der Waals surface area (Å²) in [5.74, 6) is 0.684. The number of aryl methyl sites for hydroxylation is 1. The average Bonchev–Trinajstić information content (AvgIpc) is 2.88. The van der Waals surface area contributed by atoms with Crippen molar-refractivity contribution in [3.8, 4) is 0 Å². The van der Waals surface area contributed by atoms with Crippen LogP contribution >= 0.6 is 11.6 Å². The summed E-state index contributed by atoms with van der Waals surface area (Å²) in [6.07, 6.45) is 1.64. The number of hydrogen-bond donors (Lipinski definition) is 1. The zero-order valence-corrected chi connectivity index (χ0v) is 13.4. The fourth-order valence-electron chi connectivity index (χ4n) is 3.02. The van der Waals surface area contributed by atoms with E-state index in [9.17, 15) is 0 Å². The van der Waals surface area contributed by atoms with Gasteiger partial charge in [-0.3, -0.25) is 0 Å². The Balaban J connectivity index is 1.86. The molecule has 0 saturated heterocycles. The molecule has 23 heavy (non-hydrogen) atoms. The number of halogens is 1. The van der Waals surface area contributed by atoms with Gasteiger partial charge in [-0.25, -0.2) is 9.97 Å². The highest BCUT2D eigenvalue weighted by atomic mass is 35.5. The number of rotatable bonds is 3. The molecule has 1 N–H and O–H groups in total. The van der Waals surface area contributed by atoms with Crippen molar-refractivity contribution in [1.82, 2.24) is 14.5 Å². The number of aromatic nitrogens is 3. The summed E-state index contributed by atoms with van der Waals surface area (Å²) in [4.78, 5) is 8.07. The maximum atomic E-state index is 5.84. The number of para-hydroxylation sites is 1. The highest BCUT2D eigenvalue weighted by Gasteiger charge is 2.09. The van der Waals surface area contributed by atoms with Crippen molar-refractivity contribution in [2.75, 3.05) is 5.32 Å². The van der Waals surface area contributed by atoms with Gasteiger partial charge in [-0.1, -0.05) is 18.2 Å². The van der Waals surface area contributed by atoms with Crippen LogP contribution < -0.4 is 5.32 Å². The fraction of sp³-hybridized carbons (Fsp3) is 0.111. The third kappa shape index (κ3) is 2.41. The first-order chi connectivity index (χ1) is 11.3. The van der Waals surface area contributed by atoms with Crippen LogP contribution in [0.5, 0.6) is 0 Å². The van der Waals surface area contributed by atoms with Gasteiger partial charge in [0.2, 0.25) is 5.28 Å². The molecule has 2 aromatic heterocycles. The Morgan fingerprint density at radius 1 is 1.04 bits per heavy atom. The van der Waals surface area contributed by atoms with Crippen molar-refractivity contribution in [1.29, 1.82) is 0 Å². The first kappa shape index (κ1) is 14.0. The summed E-state index contributed by atoms with van der Waals surface area (Å²) in [6, 6.07) is 16.6. The predicted molar refractivity (Wildman–Crippen MR) is 95.4 cm³/mol. The van der Waals surface area contributed by atoms with Gasteiger partial charge in [0.1, 0.15) is 5.82 Å².